The van der Waals surface area contributed by atoms with Gasteiger partial charge in [-0.05, 0) is 96.8 Å². The van der Waals surface area contributed by atoms with Gasteiger partial charge in [0, 0.05) is 28.5 Å². The van der Waals surface area contributed by atoms with E-state index in [4.69, 9.17) is 27.9 Å². The van der Waals surface area contributed by atoms with Gasteiger partial charge in [0.15, 0.2) is 12.1 Å². The third-order valence-electron chi connectivity index (χ3n) is 10.8. The second-order valence-corrected chi connectivity index (χ2v) is 15.2. The van der Waals surface area contributed by atoms with Crippen molar-refractivity contribution in [3.05, 3.63) is 160 Å². The first kappa shape index (κ1) is 37.0. The number of aromatic nitrogens is 4. The molecule has 290 valence electrons. The van der Waals surface area contributed by atoms with E-state index < -0.39 is 0 Å². The number of nitrogens with one attached hydrogen (secondary N) is 1. The standard InChI is InChI=1S/C45H38Cl2N8O3/c1-50-36-20-16-31(46)24-38(36)55(44(56)40-42(50)49-27-48-40)34-13-7-9-29(23-34)10-8-22-52-28-53(26-30-14-18-35(58-3)19-15-30)41-43(52)51(2)37-21-17-32(47)25-39(37)54(45(41)57)33-11-5-4-6-12-33/h4-7,9,11-21,23-25,27-28H,8,10,22,26H2,1-3H3/p+1. The number of para-hydroxylation sites is 1. The molecule has 2 amide bonds. The fourth-order valence-electron chi connectivity index (χ4n) is 8.00. The van der Waals surface area contributed by atoms with E-state index in [0.29, 0.717) is 58.1 Å². The number of halogens is 2. The Morgan fingerprint density at radius 2 is 1.38 bits per heavy atom. The lowest BCUT2D eigenvalue weighted by Gasteiger charge is -2.25. The molecule has 0 bridgehead atoms. The zero-order chi connectivity index (χ0) is 40.1. The Bertz CT molecular complexity index is 2700. The van der Waals surface area contributed by atoms with E-state index in [1.54, 1.807) is 16.9 Å². The number of nitrogens with zero attached hydrogens (tertiary/aromatic N) is 7. The van der Waals surface area contributed by atoms with E-state index in [1.165, 1.54) is 6.33 Å². The number of amides is 2. The number of rotatable bonds is 9. The van der Waals surface area contributed by atoms with Crippen molar-refractivity contribution in [1.82, 2.24) is 14.5 Å². The van der Waals surface area contributed by atoms with E-state index in [-0.39, 0.29) is 11.8 Å². The first-order chi connectivity index (χ1) is 28.2. The number of anilines is 8. The molecule has 1 N–H and O–H groups in total. The minimum Gasteiger partial charge on any atom is -0.497 e. The van der Waals surface area contributed by atoms with Crippen molar-refractivity contribution in [3.8, 4) is 5.75 Å². The minimum atomic E-state index is -0.229. The molecule has 5 aromatic carbocycles. The molecule has 7 aromatic rings. The molecule has 58 heavy (non-hydrogen) atoms. The van der Waals surface area contributed by atoms with Crippen LogP contribution in [0.25, 0.3) is 0 Å². The maximum Gasteiger partial charge on any atom is 0.301 e. The predicted octanol–water partition coefficient (Wildman–Crippen LogP) is 9.61. The highest BCUT2D eigenvalue weighted by Crippen LogP contribution is 2.45. The van der Waals surface area contributed by atoms with Gasteiger partial charge in [-0.1, -0.05) is 65.7 Å². The van der Waals surface area contributed by atoms with Gasteiger partial charge in [0.25, 0.3) is 11.7 Å². The molecular formula is C45H39Cl2N8O3+. The Morgan fingerprint density at radius 1 is 0.707 bits per heavy atom. The largest absolute Gasteiger partial charge is 0.497 e. The molecule has 0 fully saturated rings. The highest BCUT2D eigenvalue weighted by molar-refractivity contribution is 6.32. The van der Waals surface area contributed by atoms with Crippen molar-refractivity contribution in [2.45, 2.75) is 25.9 Å². The number of benzene rings is 5. The zero-order valence-electron chi connectivity index (χ0n) is 32.1. The number of aromatic amines is 1. The van der Waals surface area contributed by atoms with E-state index in [2.05, 4.69) is 31.6 Å². The molecular weight excluding hydrogens is 771 g/mol. The van der Waals surface area contributed by atoms with Gasteiger partial charge in [-0.3, -0.25) is 28.9 Å². The molecule has 0 saturated heterocycles. The first-order valence-electron chi connectivity index (χ1n) is 18.9. The molecule has 2 aliphatic rings. The first-order valence-corrected chi connectivity index (χ1v) is 19.6. The lowest BCUT2D eigenvalue weighted by atomic mass is 10.1. The lowest BCUT2D eigenvalue weighted by Crippen LogP contribution is -2.38. The van der Waals surface area contributed by atoms with Gasteiger partial charge in [0.05, 0.1) is 50.6 Å². The number of imidazole rings is 2. The van der Waals surface area contributed by atoms with Gasteiger partial charge in [-0.25, -0.2) is 9.55 Å². The van der Waals surface area contributed by atoms with Gasteiger partial charge in [0.1, 0.15) is 17.1 Å². The van der Waals surface area contributed by atoms with Crippen molar-refractivity contribution in [2.75, 3.05) is 40.8 Å². The molecule has 9 rings (SSSR count). The highest BCUT2D eigenvalue weighted by Gasteiger charge is 2.41. The smallest absolute Gasteiger partial charge is 0.301 e. The van der Waals surface area contributed by atoms with Crippen LogP contribution in [0.3, 0.4) is 0 Å². The Balaban J connectivity index is 1.07. The summed E-state index contributed by atoms with van der Waals surface area (Å²) in [4.78, 5) is 44.1. The number of carbonyl (C=O) groups is 2. The summed E-state index contributed by atoms with van der Waals surface area (Å²) in [5.41, 5.74) is 7.49. The van der Waals surface area contributed by atoms with Crippen LogP contribution < -0.4 is 28.9 Å². The summed E-state index contributed by atoms with van der Waals surface area (Å²) in [6.45, 7) is 1.07. The highest BCUT2D eigenvalue weighted by atomic mass is 35.5. The van der Waals surface area contributed by atoms with Crippen molar-refractivity contribution in [2.24, 2.45) is 0 Å². The number of fused-ring (bicyclic) bond motifs is 4. The van der Waals surface area contributed by atoms with E-state index >= 15 is 4.79 Å². The molecule has 0 unspecified atom stereocenters. The van der Waals surface area contributed by atoms with Gasteiger partial charge in [-0.15, -0.1) is 0 Å². The number of carbonyl (C=O) groups excluding carboxylic acids is 2. The molecule has 11 nitrogen and oxygen atoms in total. The molecule has 13 heteroatoms. The number of methoxy groups -OCH3 is 1. The summed E-state index contributed by atoms with van der Waals surface area (Å²) in [7, 11) is 5.53. The Hall–Kier alpha value is -6.56. The molecule has 2 aromatic heterocycles. The summed E-state index contributed by atoms with van der Waals surface area (Å²) in [6.07, 6.45) is 5.03. The van der Waals surface area contributed by atoms with Crippen molar-refractivity contribution < 1.29 is 18.9 Å². The molecule has 4 heterocycles. The van der Waals surface area contributed by atoms with Crippen molar-refractivity contribution >= 4 is 80.8 Å². The monoisotopic (exact) mass is 809 g/mol. The summed E-state index contributed by atoms with van der Waals surface area (Å²) in [5, 5.41) is 1.06. The van der Waals surface area contributed by atoms with Crippen molar-refractivity contribution in [3.63, 3.8) is 0 Å². The van der Waals surface area contributed by atoms with Gasteiger partial charge >= 0.3 is 5.91 Å². The maximum atomic E-state index is 15.1. The number of H-pyrrole nitrogens is 1. The fourth-order valence-corrected chi connectivity index (χ4v) is 8.34. The summed E-state index contributed by atoms with van der Waals surface area (Å²) >= 11 is 13.1. The van der Waals surface area contributed by atoms with E-state index in [1.807, 2.05) is 133 Å². The molecule has 0 atom stereocenters. The maximum absolute atomic E-state index is 15.1. The van der Waals surface area contributed by atoms with Gasteiger partial charge < -0.3 is 14.6 Å². The van der Waals surface area contributed by atoms with Gasteiger partial charge in [-0.2, -0.15) is 0 Å². The van der Waals surface area contributed by atoms with E-state index in [0.717, 1.165) is 51.9 Å². The van der Waals surface area contributed by atoms with Crippen LogP contribution in [-0.4, -0.2) is 47.6 Å². The van der Waals surface area contributed by atoms with Crippen LogP contribution in [0, 0.1) is 0 Å². The van der Waals surface area contributed by atoms with Gasteiger partial charge in [0.2, 0.25) is 5.69 Å². The average molecular weight is 811 g/mol. The second-order valence-electron chi connectivity index (χ2n) is 14.3. The van der Waals surface area contributed by atoms with Crippen LogP contribution in [-0.2, 0) is 19.5 Å². The quantitative estimate of drug-likeness (QED) is 0.146. The van der Waals surface area contributed by atoms with Crippen LogP contribution >= 0.6 is 23.2 Å². The molecule has 0 aliphatic carbocycles. The third-order valence-corrected chi connectivity index (χ3v) is 11.2. The van der Waals surface area contributed by atoms with E-state index in [9.17, 15) is 4.79 Å². The Kier molecular flexibility index (Phi) is 9.63. The zero-order valence-corrected chi connectivity index (χ0v) is 33.6. The normalized spacial score (nSPS) is 13.5. The summed E-state index contributed by atoms with van der Waals surface area (Å²) in [6, 6.07) is 36.8. The molecule has 2 aliphatic heterocycles. The minimum absolute atomic E-state index is 0.164. The third kappa shape index (κ3) is 6.52. The van der Waals surface area contributed by atoms with Crippen LogP contribution in [0.1, 0.15) is 38.5 Å². The van der Waals surface area contributed by atoms with Crippen molar-refractivity contribution in [1.29, 1.82) is 0 Å². The Labute approximate surface area is 345 Å². The fraction of sp³-hybridized carbons (Fsp3) is 0.156. The lowest BCUT2D eigenvalue weighted by molar-refractivity contribution is -0.684. The predicted molar refractivity (Wildman–Crippen MR) is 228 cm³/mol. The number of hydrogen-bond donors (Lipinski definition) is 1. The van der Waals surface area contributed by atoms with Crippen LogP contribution in [0.4, 0.5) is 45.8 Å². The van der Waals surface area contributed by atoms with Crippen LogP contribution in [0.15, 0.2) is 128 Å². The number of aryl methyl sites for hydroxylation is 2. The Morgan fingerprint density at radius 3 is 2.09 bits per heavy atom. The second kappa shape index (κ2) is 15.1. The SMILES string of the molecule is COc1ccc(Cn2c[n+](CCCc3cccc(N4C(=O)c5[nH]cnc5N(C)c5ccc(Cl)cc54)c3)c3c2C(=O)N(c2ccccc2)c2cc(Cl)ccc2N3C)cc1. The molecule has 0 radical (unpaired) electrons. The average Bonchev–Trinajstić information content (AvgIpc) is 3.83. The van der Waals surface area contributed by atoms with Crippen LogP contribution in [0.2, 0.25) is 10.0 Å². The van der Waals surface area contributed by atoms with Crippen LogP contribution in [0.5, 0.6) is 5.75 Å². The molecule has 0 spiro atoms. The number of hydrogen-bond acceptors (Lipinski definition) is 6. The topological polar surface area (TPSA) is 93.8 Å². The summed E-state index contributed by atoms with van der Waals surface area (Å²) < 4.78 is 9.62. The number of ether oxygens (including phenoxy) is 1. The molecule has 0 saturated carbocycles. The summed E-state index contributed by atoms with van der Waals surface area (Å²) in [5.74, 6) is 1.69.